The van der Waals surface area contributed by atoms with Crippen molar-refractivity contribution >= 4 is 17.1 Å². The molecule has 2 aromatic carbocycles. The first-order chi connectivity index (χ1) is 10.0. The molecular weight excluding hydrogens is 262 g/mol. The third-order valence-electron chi connectivity index (χ3n) is 3.17. The average Bonchev–Trinajstić information content (AvgIpc) is 2.47. The highest BCUT2D eigenvalue weighted by atomic mass is 16.3. The highest BCUT2D eigenvalue weighted by Gasteiger charge is 2.09. The molecule has 0 spiro atoms. The van der Waals surface area contributed by atoms with Crippen LogP contribution in [0.2, 0.25) is 0 Å². The monoisotopic (exact) mass is 281 g/mol. The van der Waals surface area contributed by atoms with E-state index >= 15 is 0 Å². The number of hydrogen-bond donors (Lipinski definition) is 4. The number of nitrogens with two attached hydrogens (primary N) is 1. The van der Waals surface area contributed by atoms with Gasteiger partial charge in [-0.2, -0.15) is 0 Å². The van der Waals surface area contributed by atoms with E-state index in [2.05, 4.69) is 11.9 Å². The van der Waals surface area contributed by atoms with Crippen molar-refractivity contribution in [3.05, 3.63) is 71.8 Å². The van der Waals surface area contributed by atoms with Gasteiger partial charge in [0.1, 0.15) is 6.23 Å². The van der Waals surface area contributed by atoms with E-state index in [9.17, 15) is 5.11 Å². The molecule has 0 aliphatic carbocycles. The summed E-state index contributed by atoms with van der Waals surface area (Å²) in [6.45, 7) is 5.47. The summed E-state index contributed by atoms with van der Waals surface area (Å²) in [6, 6.07) is 12.9. The Balaban J connectivity index is 2.31. The van der Waals surface area contributed by atoms with Gasteiger partial charge >= 0.3 is 0 Å². The maximum absolute atomic E-state index is 9.53. The second-order valence-electron chi connectivity index (χ2n) is 4.87. The summed E-state index contributed by atoms with van der Waals surface area (Å²) >= 11 is 0. The Morgan fingerprint density at radius 1 is 1.33 bits per heavy atom. The summed E-state index contributed by atoms with van der Waals surface area (Å²) in [5, 5.41) is 20.7. The number of benzene rings is 2. The van der Waals surface area contributed by atoms with Crippen LogP contribution in [-0.4, -0.2) is 17.0 Å². The smallest absolute Gasteiger partial charge is 0.143 e. The first kappa shape index (κ1) is 14.8. The van der Waals surface area contributed by atoms with E-state index in [1.54, 1.807) is 6.07 Å². The zero-order valence-corrected chi connectivity index (χ0v) is 11.9. The Morgan fingerprint density at radius 3 is 2.76 bits per heavy atom. The molecule has 0 saturated carbocycles. The fraction of sp³-hybridized carbons (Fsp3) is 0.118. The van der Waals surface area contributed by atoms with Gasteiger partial charge in [-0.15, -0.1) is 0 Å². The summed E-state index contributed by atoms with van der Waals surface area (Å²) in [5.41, 5.74) is 10.1. The van der Waals surface area contributed by atoms with Crippen LogP contribution in [0.5, 0.6) is 0 Å². The van der Waals surface area contributed by atoms with E-state index in [1.807, 2.05) is 43.3 Å². The van der Waals surface area contributed by atoms with Gasteiger partial charge in [-0.05, 0) is 36.8 Å². The van der Waals surface area contributed by atoms with Crippen LogP contribution in [-0.2, 0) is 0 Å². The zero-order valence-electron chi connectivity index (χ0n) is 11.9. The third-order valence-corrected chi connectivity index (χ3v) is 3.17. The van der Waals surface area contributed by atoms with Crippen molar-refractivity contribution in [3.8, 4) is 0 Å². The molecule has 5 N–H and O–H groups in total. The number of aryl methyl sites for hydroxylation is 1. The largest absolute Gasteiger partial charge is 0.398 e. The van der Waals surface area contributed by atoms with Crippen molar-refractivity contribution < 1.29 is 5.11 Å². The van der Waals surface area contributed by atoms with Gasteiger partial charge in [0.05, 0.1) is 5.71 Å². The Labute approximate surface area is 124 Å². The van der Waals surface area contributed by atoms with Crippen molar-refractivity contribution in [2.75, 3.05) is 11.1 Å². The van der Waals surface area contributed by atoms with Crippen LogP contribution in [0.25, 0.3) is 0 Å². The second-order valence-corrected chi connectivity index (χ2v) is 4.87. The number of rotatable bonds is 5. The van der Waals surface area contributed by atoms with Crippen LogP contribution in [0, 0.1) is 12.3 Å². The number of anilines is 2. The summed E-state index contributed by atoms with van der Waals surface area (Å²) in [5.74, 6) is 0. The molecule has 1 unspecified atom stereocenters. The SMILES string of the molecule is C=CC(O)Nc1cccc(C(=N)c2ccc(C)cc2N)c1. The molecule has 1 atom stereocenters. The molecular formula is C17H19N3O. The van der Waals surface area contributed by atoms with Gasteiger partial charge in [0.25, 0.3) is 0 Å². The van der Waals surface area contributed by atoms with E-state index in [0.29, 0.717) is 17.0 Å². The normalized spacial score (nSPS) is 11.7. The predicted molar refractivity (Wildman–Crippen MR) is 87.8 cm³/mol. The van der Waals surface area contributed by atoms with Crippen LogP contribution in [0.4, 0.5) is 11.4 Å². The lowest BCUT2D eigenvalue weighted by atomic mass is 9.99. The Hall–Kier alpha value is -2.59. The van der Waals surface area contributed by atoms with Crippen molar-refractivity contribution in [3.63, 3.8) is 0 Å². The van der Waals surface area contributed by atoms with Crippen LogP contribution >= 0.6 is 0 Å². The molecule has 0 fully saturated rings. The number of aliphatic hydroxyl groups is 1. The molecule has 0 aromatic heterocycles. The lowest BCUT2D eigenvalue weighted by Crippen LogP contribution is -2.15. The van der Waals surface area contributed by atoms with Gasteiger partial charge in [-0.25, -0.2) is 0 Å². The molecule has 2 rings (SSSR count). The zero-order chi connectivity index (χ0) is 15.4. The minimum atomic E-state index is -0.820. The molecule has 0 radical (unpaired) electrons. The molecule has 0 aliphatic rings. The standard InChI is InChI=1S/C17H19N3O/c1-3-16(21)20-13-6-4-5-12(10-13)17(19)14-8-7-11(2)9-15(14)18/h3-10,16,19-21H,1,18H2,2H3. The Morgan fingerprint density at radius 2 is 2.10 bits per heavy atom. The number of nitrogens with one attached hydrogen (secondary N) is 2. The molecule has 0 saturated heterocycles. The minimum absolute atomic E-state index is 0.351. The highest BCUT2D eigenvalue weighted by molar-refractivity contribution is 6.14. The molecule has 2 aromatic rings. The summed E-state index contributed by atoms with van der Waals surface area (Å²) in [6.07, 6.45) is 0.578. The van der Waals surface area contributed by atoms with Gasteiger partial charge in [0, 0.05) is 22.5 Å². The summed E-state index contributed by atoms with van der Waals surface area (Å²) < 4.78 is 0. The van der Waals surface area contributed by atoms with Gasteiger partial charge in [-0.1, -0.05) is 30.8 Å². The predicted octanol–water partition coefficient (Wildman–Crippen LogP) is 2.91. The lowest BCUT2D eigenvalue weighted by Gasteiger charge is -2.13. The van der Waals surface area contributed by atoms with E-state index in [-0.39, 0.29) is 0 Å². The quantitative estimate of drug-likeness (QED) is 0.294. The minimum Gasteiger partial charge on any atom is -0.398 e. The van der Waals surface area contributed by atoms with Crippen molar-refractivity contribution in [1.82, 2.24) is 0 Å². The molecule has 4 nitrogen and oxygen atoms in total. The van der Waals surface area contributed by atoms with Crippen molar-refractivity contribution in [2.45, 2.75) is 13.2 Å². The molecule has 0 bridgehead atoms. The number of nitrogen functional groups attached to an aromatic ring is 1. The molecule has 4 heteroatoms. The van der Waals surface area contributed by atoms with Crippen LogP contribution in [0.3, 0.4) is 0 Å². The molecule has 108 valence electrons. The van der Waals surface area contributed by atoms with Crippen LogP contribution < -0.4 is 11.1 Å². The first-order valence-electron chi connectivity index (χ1n) is 6.64. The Kier molecular flexibility index (Phi) is 4.40. The van der Waals surface area contributed by atoms with Gasteiger partial charge in [-0.3, -0.25) is 5.41 Å². The second kappa shape index (κ2) is 6.24. The first-order valence-corrected chi connectivity index (χ1v) is 6.64. The van der Waals surface area contributed by atoms with Gasteiger partial charge in [0.15, 0.2) is 0 Å². The van der Waals surface area contributed by atoms with E-state index in [1.165, 1.54) is 6.08 Å². The summed E-state index contributed by atoms with van der Waals surface area (Å²) in [7, 11) is 0. The number of aliphatic hydroxyl groups excluding tert-OH is 1. The van der Waals surface area contributed by atoms with Crippen LogP contribution in [0.15, 0.2) is 55.1 Å². The van der Waals surface area contributed by atoms with Crippen molar-refractivity contribution in [1.29, 1.82) is 5.41 Å². The topological polar surface area (TPSA) is 82.1 Å². The third kappa shape index (κ3) is 3.49. The fourth-order valence-electron chi connectivity index (χ4n) is 2.06. The Bertz CT molecular complexity index is 679. The van der Waals surface area contributed by atoms with Crippen LogP contribution in [0.1, 0.15) is 16.7 Å². The fourth-order valence-corrected chi connectivity index (χ4v) is 2.06. The van der Waals surface area contributed by atoms with E-state index in [4.69, 9.17) is 11.1 Å². The number of hydrogen-bond acceptors (Lipinski definition) is 4. The maximum atomic E-state index is 9.53. The van der Waals surface area contributed by atoms with Gasteiger partial charge < -0.3 is 16.2 Å². The highest BCUT2D eigenvalue weighted by Crippen LogP contribution is 2.20. The molecule has 0 heterocycles. The molecule has 0 amide bonds. The molecule has 21 heavy (non-hydrogen) atoms. The molecule has 0 aliphatic heterocycles. The van der Waals surface area contributed by atoms with E-state index < -0.39 is 6.23 Å². The van der Waals surface area contributed by atoms with Gasteiger partial charge in [0.2, 0.25) is 0 Å². The van der Waals surface area contributed by atoms with E-state index in [0.717, 1.165) is 16.8 Å². The lowest BCUT2D eigenvalue weighted by molar-refractivity contribution is 0.253. The van der Waals surface area contributed by atoms with Crippen molar-refractivity contribution in [2.24, 2.45) is 0 Å². The summed E-state index contributed by atoms with van der Waals surface area (Å²) in [4.78, 5) is 0. The maximum Gasteiger partial charge on any atom is 0.143 e. The average molecular weight is 281 g/mol.